The molecule has 1 aliphatic carbocycles. The lowest BCUT2D eigenvalue weighted by Gasteiger charge is -2.41. The molecule has 0 saturated heterocycles. The zero-order valence-electron chi connectivity index (χ0n) is 12.8. The molecule has 1 unspecified atom stereocenters. The van der Waals surface area contributed by atoms with Crippen molar-refractivity contribution in [1.29, 1.82) is 0 Å². The SMILES string of the molecule is CCCNC(c1ccc(F)c(F)c1F)C1(C)CCCCC1. The van der Waals surface area contributed by atoms with Gasteiger partial charge in [-0.05, 0) is 37.3 Å². The third-order valence-electron chi connectivity index (χ3n) is 4.67. The third kappa shape index (κ3) is 3.42. The van der Waals surface area contributed by atoms with Crippen LogP contribution in [-0.2, 0) is 0 Å². The normalized spacial score (nSPS) is 19.5. The fourth-order valence-electron chi connectivity index (χ4n) is 3.43. The molecule has 1 aliphatic rings. The first-order valence-electron chi connectivity index (χ1n) is 7.86. The molecule has 1 fully saturated rings. The summed E-state index contributed by atoms with van der Waals surface area (Å²) in [7, 11) is 0. The Kier molecular flexibility index (Phi) is 5.31. The van der Waals surface area contributed by atoms with E-state index < -0.39 is 17.5 Å². The van der Waals surface area contributed by atoms with Crippen LogP contribution in [0.25, 0.3) is 0 Å². The summed E-state index contributed by atoms with van der Waals surface area (Å²) in [6, 6.07) is 2.15. The summed E-state index contributed by atoms with van der Waals surface area (Å²) in [4.78, 5) is 0. The Morgan fingerprint density at radius 1 is 1.10 bits per heavy atom. The second-order valence-corrected chi connectivity index (χ2v) is 6.37. The average Bonchev–Trinajstić information content (AvgIpc) is 2.48. The second kappa shape index (κ2) is 6.82. The molecule has 0 heterocycles. The van der Waals surface area contributed by atoms with E-state index in [0.717, 1.165) is 44.7 Å². The van der Waals surface area contributed by atoms with Crippen molar-refractivity contribution in [3.05, 3.63) is 35.1 Å². The number of hydrogen-bond acceptors (Lipinski definition) is 1. The van der Waals surface area contributed by atoms with E-state index in [9.17, 15) is 13.2 Å². The predicted molar refractivity (Wildman–Crippen MR) is 78.5 cm³/mol. The summed E-state index contributed by atoms with van der Waals surface area (Å²) in [5.41, 5.74) is 0.144. The van der Waals surface area contributed by atoms with E-state index in [1.165, 1.54) is 12.5 Å². The van der Waals surface area contributed by atoms with Crippen LogP contribution in [0.1, 0.15) is 64.0 Å². The van der Waals surface area contributed by atoms with E-state index in [0.29, 0.717) is 0 Å². The molecule has 0 spiro atoms. The molecule has 1 N–H and O–H groups in total. The van der Waals surface area contributed by atoms with Crippen molar-refractivity contribution in [3.8, 4) is 0 Å². The maximum Gasteiger partial charge on any atom is 0.194 e. The molecular weight excluding hydrogens is 275 g/mol. The molecule has 0 amide bonds. The molecule has 1 nitrogen and oxygen atoms in total. The fourth-order valence-corrected chi connectivity index (χ4v) is 3.43. The minimum Gasteiger partial charge on any atom is -0.309 e. The van der Waals surface area contributed by atoms with Crippen LogP contribution in [-0.4, -0.2) is 6.54 Å². The molecule has 0 aliphatic heterocycles. The number of rotatable bonds is 5. The van der Waals surface area contributed by atoms with Crippen LogP contribution in [0.15, 0.2) is 12.1 Å². The Balaban J connectivity index is 2.38. The maximum atomic E-state index is 14.2. The second-order valence-electron chi connectivity index (χ2n) is 6.37. The van der Waals surface area contributed by atoms with Gasteiger partial charge >= 0.3 is 0 Å². The van der Waals surface area contributed by atoms with E-state index in [2.05, 4.69) is 12.2 Å². The molecule has 118 valence electrons. The predicted octanol–water partition coefficient (Wildman–Crippen LogP) is 5.12. The highest BCUT2D eigenvalue weighted by molar-refractivity contribution is 5.26. The van der Waals surface area contributed by atoms with Crippen LogP contribution in [0.2, 0.25) is 0 Å². The van der Waals surface area contributed by atoms with Crippen LogP contribution in [0, 0.1) is 22.9 Å². The number of halogens is 3. The lowest BCUT2D eigenvalue weighted by atomic mass is 9.68. The maximum absolute atomic E-state index is 14.2. The Morgan fingerprint density at radius 2 is 1.76 bits per heavy atom. The van der Waals surface area contributed by atoms with Gasteiger partial charge in [-0.1, -0.05) is 39.2 Å². The van der Waals surface area contributed by atoms with Gasteiger partial charge in [0.15, 0.2) is 17.5 Å². The largest absolute Gasteiger partial charge is 0.309 e. The van der Waals surface area contributed by atoms with Crippen LogP contribution in [0.5, 0.6) is 0 Å². The first-order valence-corrected chi connectivity index (χ1v) is 7.86. The highest BCUT2D eigenvalue weighted by Gasteiger charge is 2.38. The summed E-state index contributed by atoms with van der Waals surface area (Å²) >= 11 is 0. The number of benzene rings is 1. The molecule has 2 rings (SSSR count). The zero-order valence-corrected chi connectivity index (χ0v) is 12.8. The van der Waals surface area contributed by atoms with E-state index in [1.54, 1.807) is 0 Å². The number of hydrogen-bond donors (Lipinski definition) is 1. The van der Waals surface area contributed by atoms with Gasteiger partial charge in [-0.25, -0.2) is 13.2 Å². The zero-order chi connectivity index (χ0) is 15.5. The minimum absolute atomic E-state index is 0.113. The van der Waals surface area contributed by atoms with Gasteiger partial charge in [0, 0.05) is 11.6 Å². The van der Waals surface area contributed by atoms with Gasteiger partial charge in [0.05, 0.1) is 0 Å². The Bertz CT molecular complexity index is 481. The van der Waals surface area contributed by atoms with Gasteiger partial charge in [-0.2, -0.15) is 0 Å². The van der Waals surface area contributed by atoms with Crippen molar-refractivity contribution in [2.75, 3.05) is 6.54 Å². The van der Waals surface area contributed by atoms with Gasteiger partial charge in [-0.3, -0.25) is 0 Å². The average molecular weight is 299 g/mol. The first kappa shape index (κ1) is 16.3. The van der Waals surface area contributed by atoms with Crippen LogP contribution in [0.3, 0.4) is 0 Å². The van der Waals surface area contributed by atoms with Crippen molar-refractivity contribution in [3.63, 3.8) is 0 Å². The van der Waals surface area contributed by atoms with E-state index in [-0.39, 0.29) is 17.0 Å². The van der Waals surface area contributed by atoms with Crippen LogP contribution in [0.4, 0.5) is 13.2 Å². The van der Waals surface area contributed by atoms with Gasteiger partial charge in [0.2, 0.25) is 0 Å². The lowest BCUT2D eigenvalue weighted by molar-refractivity contribution is 0.141. The molecule has 1 aromatic rings. The molecule has 1 atom stereocenters. The fraction of sp³-hybridized carbons (Fsp3) is 0.647. The molecule has 1 saturated carbocycles. The Labute approximate surface area is 124 Å². The van der Waals surface area contributed by atoms with Crippen molar-refractivity contribution in [2.45, 2.75) is 58.4 Å². The van der Waals surface area contributed by atoms with Gasteiger partial charge in [-0.15, -0.1) is 0 Å². The summed E-state index contributed by atoms with van der Waals surface area (Å²) in [6.07, 6.45) is 6.27. The Morgan fingerprint density at radius 3 is 2.38 bits per heavy atom. The summed E-state index contributed by atoms with van der Waals surface area (Å²) in [6.45, 7) is 4.90. The monoisotopic (exact) mass is 299 g/mol. The van der Waals surface area contributed by atoms with E-state index in [1.807, 2.05) is 6.92 Å². The molecule has 0 bridgehead atoms. The standard InChI is InChI=1S/C17H24F3N/c1-3-11-21-16(17(2)9-5-4-6-10-17)12-7-8-13(18)15(20)14(12)19/h7-8,16,21H,3-6,9-11H2,1-2H3. The van der Waals surface area contributed by atoms with Gasteiger partial charge < -0.3 is 5.32 Å². The van der Waals surface area contributed by atoms with Crippen LogP contribution < -0.4 is 5.32 Å². The highest BCUT2D eigenvalue weighted by Crippen LogP contribution is 2.46. The molecule has 1 aromatic carbocycles. The molecule has 0 aromatic heterocycles. The van der Waals surface area contributed by atoms with Crippen molar-refractivity contribution >= 4 is 0 Å². The summed E-state index contributed by atoms with van der Waals surface area (Å²) in [5.74, 6) is -3.54. The van der Waals surface area contributed by atoms with Crippen LogP contribution >= 0.6 is 0 Å². The van der Waals surface area contributed by atoms with Crippen molar-refractivity contribution in [2.24, 2.45) is 5.41 Å². The van der Waals surface area contributed by atoms with E-state index in [4.69, 9.17) is 0 Å². The molecule has 0 radical (unpaired) electrons. The number of nitrogens with one attached hydrogen (secondary N) is 1. The van der Waals surface area contributed by atoms with Gasteiger partial charge in [0.25, 0.3) is 0 Å². The summed E-state index contributed by atoms with van der Waals surface area (Å²) in [5, 5.41) is 3.35. The lowest BCUT2D eigenvalue weighted by Crippen LogP contribution is -2.38. The molecular formula is C17H24F3N. The summed E-state index contributed by atoms with van der Waals surface area (Å²) < 4.78 is 41.0. The Hall–Kier alpha value is -1.03. The van der Waals surface area contributed by atoms with Crippen molar-refractivity contribution < 1.29 is 13.2 Å². The highest BCUT2D eigenvalue weighted by atomic mass is 19.2. The van der Waals surface area contributed by atoms with E-state index >= 15 is 0 Å². The smallest absolute Gasteiger partial charge is 0.194 e. The minimum atomic E-state index is -1.37. The topological polar surface area (TPSA) is 12.0 Å². The molecule has 4 heteroatoms. The third-order valence-corrected chi connectivity index (χ3v) is 4.67. The first-order chi connectivity index (χ1) is 9.99. The van der Waals surface area contributed by atoms with Gasteiger partial charge in [0.1, 0.15) is 0 Å². The van der Waals surface area contributed by atoms with Crippen molar-refractivity contribution in [1.82, 2.24) is 5.32 Å². The molecule has 21 heavy (non-hydrogen) atoms. The quantitative estimate of drug-likeness (QED) is 0.745.